The van der Waals surface area contributed by atoms with Crippen LogP contribution in [0, 0.1) is 6.92 Å². The number of aryl methyl sites for hydroxylation is 1. The van der Waals surface area contributed by atoms with Crippen LogP contribution in [-0.4, -0.2) is 5.11 Å². The summed E-state index contributed by atoms with van der Waals surface area (Å²) < 4.78 is 6.71. The number of aliphatic hydroxyl groups excluding tert-OH is 1. The summed E-state index contributed by atoms with van der Waals surface area (Å²) in [5, 5.41) is 9.71. The van der Waals surface area contributed by atoms with E-state index in [0.29, 0.717) is 12.2 Å². The molecule has 90 valence electrons. The molecule has 0 bridgehead atoms. The van der Waals surface area contributed by atoms with Crippen LogP contribution in [0.25, 0.3) is 11.3 Å². The zero-order valence-electron chi connectivity index (χ0n) is 9.90. The van der Waals surface area contributed by atoms with Gasteiger partial charge in [-0.25, -0.2) is 0 Å². The van der Waals surface area contributed by atoms with E-state index in [0.717, 1.165) is 21.4 Å². The van der Waals surface area contributed by atoms with Crippen LogP contribution in [-0.2, 0) is 0 Å². The van der Waals surface area contributed by atoms with Crippen molar-refractivity contribution in [2.45, 2.75) is 26.4 Å². The van der Waals surface area contributed by atoms with E-state index >= 15 is 0 Å². The Morgan fingerprint density at radius 3 is 2.76 bits per heavy atom. The molecule has 2 rings (SSSR count). The second kappa shape index (κ2) is 5.07. The number of benzene rings is 1. The van der Waals surface area contributed by atoms with Crippen molar-refractivity contribution in [2.75, 3.05) is 0 Å². The Morgan fingerprint density at radius 2 is 2.06 bits per heavy atom. The van der Waals surface area contributed by atoms with Gasteiger partial charge < -0.3 is 9.52 Å². The standard InChI is InChI=1S/C14H15BrO2/c1-3-11(16)13-8-7-12(17-13)10-6-4-5-9(2)14(10)15/h4-8,11,16H,3H2,1-2H3. The highest BCUT2D eigenvalue weighted by Gasteiger charge is 2.13. The molecule has 0 aliphatic rings. The van der Waals surface area contributed by atoms with E-state index in [9.17, 15) is 5.11 Å². The molecule has 0 amide bonds. The monoisotopic (exact) mass is 294 g/mol. The Kier molecular flexibility index (Phi) is 3.69. The van der Waals surface area contributed by atoms with Crippen LogP contribution in [0.4, 0.5) is 0 Å². The molecule has 1 N–H and O–H groups in total. The van der Waals surface area contributed by atoms with Gasteiger partial charge in [-0.3, -0.25) is 0 Å². The third-order valence-electron chi connectivity index (χ3n) is 2.80. The third-order valence-corrected chi connectivity index (χ3v) is 3.85. The molecule has 3 heteroatoms. The van der Waals surface area contributed by atoms with Crippen molar-refractivity contribution in [2.24, 2.45) is 0 Å². The first kappa shape index (κ1) is 12.4. The number of hydrogen-bond acceptors (Lipinski definition) is 2. The van der Waals surface area contributed by atoms with E-state index in [2.05, 4.69) is 15.9 Å². The van der Waals surface area contributed by atoms with E-state index < -0.39 is 6.10 Å². The normalized spacial score (nSPS) is 12.7. The quantitative estimate of drug-likeness (QED) is 0.906. The summed E-state index contributed by atoms with van der Waals surface area (Å²) in [6.07, 6.45) is 0.134. The van der Waals surface area contributed by atoms with Crippen molar-refractivity contribution in [1.29, 1.82) is 0 Å². The van der Waals surface area contributed by atoms with Gasteiger partial charge in [0.15, 0.2) is 0 Å². The SMILES string of the molecule is CCC(O)c1ccc(-c2cccc(C)c2Br)o1. The lowest BCUT2D eigenvalue weighted by atomic mass is 10.1. The molecule has 2 nitrogen and oxygen atoms in total. The molecular weight excluding hydrogens is 280 g/mol. The number of halogens is 1. The Bertz CT molecular complexity index is 517. The van der Waals surface area contributed by atoms with E-state index in [1.165, 1.54) is 0 Å². The first-order chi connectivity index (χ1) is 8.13. The molecule has 0 radical (unpaired) electrons. The highest BCUT2D eigenvalue weighted by Crippen LogP contribution is 2.33. The van der Waals surface area contributed by atoms with Crippen molar-refractivity contribution < 1.29 is 9.52 Å². The van der Waals surface area contributed by atoms with E-state index in [4.69, 9.17) is 4.42 Å². The highest BCUT2D eigenvalue weighted by atomic mass is 79.9. The minimum absolute atomic E-state index is 0.521. The van der Waals surface area contributed by atoms with Gasteiger partial charge in [0.05, 0.1) is 0 Å². The molecular formula is C14H15BrO2. The summed E-state index contributed by atoms with van der Waals surface area (Å²) in [4.78, 5) is 0. The molecule has 0 aliphatic carbocycles. The topological polar surface area (TPSA) is 33.4 Å². The molecule has 1 heterocycles. The summed E-state index contributed by atoms with van der Waals surface area (Å²) in [5.41, 5.74) is 2.18. The lowest BCUT2D eigenvalue weighted by Crippen LogP contribution is -1.91. The largest absolute Gasteiger partial charge is 0.458 e. The van der Waals surface area contributed by atoms with Crippen molar-refractivity contribution in [3.05, 3.63) is 46.1 Å². The minimum Gasteiger partial charge on any atom is -0.458 e. The molecule has 0 saturated carbocycles. The average Bonchev–Trinajstić information content (AvgIpc) is 2.81. The molecule has 0 spiro atoms. The fourth-order valence-electron chi connectivity index (χ4n) is 1.72. The Labute approximate surface area is 109 Å². The Hall–Kier alpha value is -1.06. The van der Waals surface area contributed by atoms with Crippen molar-refractivity contribution in [3.8, 4) is 11.3 Å². The number of hydrogen-bond donors (Lipinski definition) is 1. The number of rotatable bonds is 3. The first-order valence-electron chi connectivity index (χ1n) is 5.66. The summed E-state index contributed by atoms with van der Waals surface area (Å²) in [6, 6.07) is 9.76. The molecule has 17 heavy (non-hydrogen) atoms. The van der Waals surface area contributed by atoms with Gasteiger partial charge in [0, 0.05) is 10.0 Å². The fourth-order valence-corrected chi connectivity index (χ4v) is 2.18. The minimum atomic E-state index is -0.521. The summed E-state index contributed by atoms with van der Waals surface area (Å²) in [6.45, 7) is 3.97. The molecule has 0 saturated heterocycles. The van der Waals surface area contributed by atoms with E-state index in [1.54, 1.807) is 0 Å². The zero-order chi connectivity index (χ0) is 12.4. The molecule has 1 unspecified atom stereocenters. The van der Waals surface area contributed by atoms with Gasteiger partial charge in [-0.2, -0.15) is 0 Å². The van der Waals surface area contributed by atoms with Gasteiger partial charge in [-0.05, 0) is 47.0 Å². The van der Waals surface area contributed by atoms with E-state index in [1.807, 2.05) is 44.2 Å². The van der Waals surface area contributed by atoms with Crippen LogP contribution >= 0.6 is 15.9 Å². The van der Waals surface area contributed by atoms with Crippen LogP contribution in [0.1, 0.15) is 30.8 Å². The van der Waals surface area contributed by atoms with Gasteiger partial charge in [0.1, 0.15) is 17.6 Å². The fraction of sp³-hybridized carbons (Fsp3) is 0.286. The Morgan fingerprint density at radius 1 is 1.29 bits per heavy atom. The second-order valence-corrected chi connectivity index (χ2v) is 4.86. The maximum absolute atomic E-state index is 9.71. The number of furan rings is 1. The molecule has 2 aromatic rings. The molecule has 1 aromatic carbocycles. The van der Waals surface area contributed by atoms with Crippen LogP contribution in [0.3, 0.4) is 0 Å². The predicted molar refractivity (Wildman–Crippen MR) is 71.8 cm³/mol. The summed E-state index contributed by atoms with van der Waals surface area (Å²) in [7, 11) is 0. The lowest BCUT2D eigenvalue weighted by molar-refractivity contribution is 0.147. The predicted octanol–water partition coefficient (Wildman–Crippen LogP) is 4.46. The molecule has 0 aliphatic heterocycles. The van der Waals surface area contributed by atoms with Gasteiger partial charge in [0.25, 0.3) is 0 Å². The van der Waals surface area contributed by atoms with Gasteiger partial charge in [-0.1, -0.05) is 25.1 Å². The summed E-state index contributed by atoms with van der Waals surface area (Å²) in [5.74, 6) is 1.40. The van der Waals surface area contributed by atoms with Gasteiger partial charge in [0.2, 0.25) is 0 Å². The van der Waals surface area contributed by atoms with Gasteiger partial charge >= 0.3 is 0 Å². The average molecular weight is 295 g/mol. The second-order valence-electron chi connectivity index (χ2n) is 4.06. The molecule has 1 atom stereocenters. The third kappa shape index (κ3) is 2.45. The Balaban J connectivity index is 2.40. The van der Waals surface area contributed by atoms with Crippen LogP contribution in [0.2, 0.25) is 0 Å². The molecule has 1 aromatic heterocycles. The van der Waals surface area contributed by atoms with Crippen molar-refractivity contribution in [3.63, 3.8) is 0 Å². The highest BCUT2D eigenvalue weighted by molar-refractivity contribution is 9.10. The first-order valence-corrected chi connectivity index (χ1v) is 6.46. The van der Waals surface area contributed by atoms with Crippen LogP contribution in [0.15, 0.2) is 39.2 Å². The smallest absolute Gasteiger partial charge is 0.135 e. The maximum atomic E-state index is 9.71. The lowest BCUT2D eigenvalue weighted by Gasteiger charge is -2.05. The molecule has 0 fully saturated rings. The van der Waals surface area contributed by atoms with Crippen molar-refractivity contribution in [1.82, 2.24) is 0 Å². The van der Waals surface area contributed by atoms with Crippen LogP contribution < -0.4 is 0 Å². The van der Waals surface area contributed by atoms with Gasteiger partial charge in [-0.15, -0.1) is 0 Å². The van der Waals surface area contributed by atoms with Crippen LogP contribution in [0.5, 0.6) is 0 Å². The van der Waals surface area contributed by atoms with E-state index in [-0.39, 0.29) is 0 Å². The number of aliphatic hydroxyl groups is 1. The van der Waals surface area contributed by atoms with Crippen molar-refractivity contribution >= 4 is 15.9 Å². The maximum Gasteiger partial charge on any atom is 0.135 e. The summed E-state index contributed by atoms with van der Waals surface area (Å²) >= 11 is 3.56. The zero-order valence-corrected chi connectivity index (χ0v) is 11.5.